The molecule has 0 fully saturated rings. The Balaban J connectivity index is 2.97. The van der Waals surface area contributed by atoms with Gasteiger partial charge in [0.1, 0.15) is 5.57 Å². The van der Waals surface area contributed by atoms with Gasteiger partial charge in [-0.3, -0.25) is 0 Å². The number of esters is 2. The molecule has 0 aromatic carbocycles. The average molecular weight is 162 g/mol. The Hall–Kier alpha value is -1.26. The minimum Gasteiger partial charge on any atom is -0.386 e. The molecule has 0 atom stereocenters. The molecule has 3 nitrogen and oxygen atoms in total. The van der Waals surface area contributed by atoms with Crippen molar-refractivity contribution >= 4 is 11.9 Å². The van der Waals surface area contributed by atoms with Crippen LogP contribution in [0.15, 0.2) is 11.6 Å². The number of cyclic esters (lactones) is 2. The van der Waals surface area contributed by atoms with Crippen LogP contribution in [0.25, 0.3) is 0 Å². The lowest BCUT2D eigenvalue weighted by Crippen LogP contribution is -2.19. The summed E-state index contributed by atoms with van der Waals surface area (Å²) in [6.07, 6.45) is 0.502. The van der Waals surface area contributed by atoms with Crippen LogP contribution in [0.4, 0.5) is 8.78 Å². The summed E-state index contributed by atoms with van der Waals surface area (Å²) in [6, 6.07) is 0. The van der Waals surface area contributed by atoms with Crippen molar-refractivity contribution in [3.63, 3.8) is 0 Å². The lowest BCUT2D eigenvalue weighted by Gasteiger charge is -2.06. The van der Waals surface area contributed by atoms with Crippen molar-refractivity contribution in [2.75, 3.05) is 0 Å². The molecular weight excluding hydrogens is 158 g/mol. The highest BCUT2D eigenvalue weighted by molar-refractivity contribution is 6.09. The van der Waals surface area contributed by atoms with Crippen molar-refractivity contribution in [1.82, 2.24) is 0 Å². The Labute approximate surface area is 60.6 Å². The molecule has 0 amide bonds. The minimum absolute atomic E-state index is 0.502. The van der Waals surface area contributed by atoms with Crippen molar-refractivity contribution in [2.24, 2.45) is 0 Å². The molecule has 0 unspecified atom stereocenters. The Kier molecular flexibility index (Phi) is 1.51. The molecule has 1 heterocycles. The summed E-state index contributed by atoms with van der Waals surface area (Å²) in [5.74, 6) is -5.60. The Morgan fingerprint density at radius 1 is 1.45 bits per heavy atom. The Bertz CT molecular complexity index is 249. The van der Waals surface area contributed by atoms with E-state index < -0.39 is 23.4 Å². The molecule has 0 aromatic heterocycles. The second-order valence-corrected chi connectivity index (χ2v) is 2.15. The van der Waals surface area contributed by atoms with Gasteiger partial charge in [0.2, 0.25) is 0 Å². The molecule has 60 valence electrons. The Morgan fingerprint density at radius 2 is 2.00 bits per heavy atom. The molecule has 5 heteroatoms. The van der Waals surface area contributed by atoms with Crippen LogP contribution in [0.3, 0.4) is 0 Å². The van der Waals surface area contributed by atoms with Crippen LogP contribution in [-0.4, -0.2) is 17.9 Å². The first-order valence-corrected chi connectivity index (χ1v) is 2.77. The number of alkyl halides is 2. The SMILES string of the molecule is CC(F)(F)C1=CC(=O)OC1=O. The van der Waals surface area contributed by atoms with Crippen molar-refractivity contribution < 1.29 is 23.1 Å². The van der Waals surface area contributed by atoms with Crippen LogP contribution in [0, 0.1) is 0 Å². The molecular formula is C6H4F2O3. The zero-order chi connectivity index (χ0) is 8.65. The van der Waals surface area contributed by atoms with Crippen molar-refractivity contribution in [2.45, 2.75) is 12.8 Å². The molecule has 0 saturated heterocycles. The van der Waals surface area contributed by atoms with E-state index in [9.17, 15) is 18.4 Å². The predicted molar refractivity (Wildman–Crippen MR) is 29.8 cm³/mol. The molecule has 0 aliphatic carbocycles. The van der Waals surface area contributed by atoms with Gasteiger partial charge in [0, 0.05) is 13.0 Å². The van der Waals surface area contributed by atoms with Crippen LogP contribution in [-0.2, 0) is 14.3 Å². The summed E-state index contributed by atoms with van der Waals surface area (Å²) in [4.78, 5) is 20.7. The van der Waals surface area contributed by atoms with Crippen LogP contribution in [0.2, 0.25) is 0 Å². The van der Waals surface area contributed by atoms with Crippen molar-refractivity contribution in [3.05, 3.63) is 11.6 Å². The molecule has 1 aliphatic rings. The van der Waals surface area contributed by atoms with Gasteiger partial charge < -0.3 is 4.74 Å². The number of ether oxygens (including phenoxy) is 1. The van der Waals surface area contributed by atoms with Gasteiger partial charge in [-0.05, 0) is 0 Å². The second-order valence-electron chi connectivity index (χ2n) is 2.15. The normalized spacial score (nSPS) is 18.3. The van der Waals surface area contributed by atoms with Crippen LogP contribution in [0.5, 0.6) is 0 Å². The van der Waals surface area contributed by atoms with Crippen LogP contribution < -0.4 is 0 Å². The fraction of sp³-hybridized carbons (Fsp3) is 0.333. The van der Waals surface area contributed by atoms with E-state index >= 15 is 0 Å². The van der Waals surface area contributed by atoms with E-state index in [0.29, 0.717) is 13.0 Å². The van der Waals surface area contributed by atoms with Crippen LogP contribution >= 0.6 is 0 Å². The van der Waals surface area contributed by atoms with Gasteiger partial charge in [0.05, 0.1) is 0 Å². The van der Waals surface area contributed by atoms with Gasteiger partial charge in [0.15, 0.2) is 0 Å². The maximum atomic E-state index is 12.3. The zero-order valence-electron chi connectivity index (χ0n) is 5.56. The largest absolute Gasteiger partial charge is 0.386 e. The van der Waals surface area contributed by atoms with E-state index in [0.717, 1.165) is 0 Å². The molecule has 1 aliphatic heterocycles. The lowest BCUT2D eigenvalue weighted by atomic mass is 10.1. The third-order valence-corrected chi connectivity index (χ3v) is 1.15. The first-order valence-electron chi connectivity index (χ1n) is 2.77. The van der Waals surface area contributed by atoms with Gasteiger partial charge in [-0.15, -0.1) is 0 Å². The summed E-state index contributed by atoms with van der Waals surface area (Å²) in [5.41, 5.74) is -0.887. The predicted octanol–water partition coefficient (Wildman–Crippen LogP) is 0.651. The number of halogens is 2. The molecule has 0 radical (unpaired) electrons. The standard InChI is InChI=1S/C6H4F2O3/c1-6(7,8)3-2-4(9)11-5(3)10/h2H,1H3. The molecule has 1 rings (SSSR count). The summed E-state index contributed by atoms with van der Waals surface area (Å²) >= 11 is 0. The molecule has 11 heavy (non-hydrogen) atoms. The van der Waals surface area contributed by atoms with E-state index in [4.69, 9.17) is 0 Å². The second kappa shape index (κ2) is 2.11. The minimum atomic E-state index is -3.30. The third kappa shape index (κ3) is 1.42. The molecule has 0 saturated carbocycles. The van der Waals surface area contributed by atoms with Gasteiger partial charge in [-0.25, -0.2) is 18.4 Å². The highest BCUT2D eigenvalue weighted by Gasteiger charge is 2.39. The fourth-order valence-electron chi connectivity index (χ4n) is 0.659. The highest BCUT2D eigenvalue weighted by Crippen LogP contribution is 2.27. The first-order chi connectivity index (χ1) is 4.91. The van der Waals surface area contributed by atoms with E-state index in [-0.39, 0.29) is 0 Å². The van der Waals surface area contributed by atoms with Crippen molar-refractivity contribution in [1.29, 1.82) is 0 Å². The zero-order valence-corrected chi connectivity index (χ0v) is 5.56. The number of hydrogen-bond acceptors (Lipinski definition) is 3. The first kappa shape index (κ1) is 7.84. The lowest BCUT2D eigenvalue weighted by molar-refractivity contribution is -0.151. The van der Waals surface area contributed by atoms with E-state index in [1.165, 1.54) is 0 Å². The van der Waals surface area contributed by atoms with E-state index in [1.807, 2.05) is 0 Å². The van der Waals surface area contributed by atoms with Crippen molar-refractivity contribution in [3.8, 4) is 0 Å². The monoisotopic (exact) mass is 162 g/mol. The van der Waals surface area contributed by atoms with Gasteiger partial charge in [0.25, 0.3) is 5.92 Å². The molecule has 0 spiro atoms. The summed E-state index contributed by atoms with van der Waals surface area (Å²) in [7, 11) is 0. The van der Waals surface area contributed by atoms with Gasteiger partial charge in [-0.2, -0.15) is 0 Å². The van der Waals surface area contributed by atoms with Gasteiger partial charge in [-0.1, -0.05) is 0 Å². The van der Waals surface area contributed by atoms with Crippen LogP contribution in [0.1, 0.15) is 6.92 Å². The quantitative estimate of drug-likeness (QED) is 0.420. The highest BCUT2D eigenvalue weighted by atomic mass is 19.3. The summed E-state index contributed by atoms with van der Waals surface area (Å²) in [6.45, 7) is 0.526. The fourth-order valence-corrected chi connectivity index (χ4v) is 0.659. The van der Waals surface area contributed by atoms with E-state index in [1.54, 1.807) is 0 Å². The molecule has 0 bridgehead atoms. The maximum absolute atomic E-state index is 12.3. The number of rotatable bonds is 1. The maximum Gasteiger partial charge on any atom is 0.348 e. The third-order valence-electron chi connectivity index (χ3n) is 1.15. The molecule has 0 aromatic rings. The summed E-state index contributed by atoms with van der Waals surface area (Å²) < 4.78 is 28.5. The smallest absolute Gasteiger partial charge is 0.348 e. The topological polar surface area (TPSA) is 43.4 Å². The summed E-state index contributed by atoms with van der Waals surface area (Å²) in [5, 5.41) is 0. The number of carbonyl (C=O) groups is 2. The molecule has 0 N–H and O–H groups in total. The van der Waals surface area contributed by atoms with E-state index in [2.05, 4.69) is 4.74 Å². The number of carbonyl (C=O) groups excluding carboxylic acids is 2. The van der Waals surface area contributed by atoms with Gasteiger partial charge >= 0.3 is 11.9 Å². The average Bonchev–Trinajstić information content (AvgIpc) is 2.08. The Morgan fingerprint density at radius 3 is 2.18 bits per heavy atom. The number of hydrogen-bond donors (Lipinski definition) is 0.